The maximum absolute atomic E-state index is 12.4. The molecule has 0 saturated carbocycles. The van der Waals surface area contributed by atoms with Gasteiger partial charge in [0.1, 0.15) is 13.7 Å². The third-order valence-corrected chi connectivity index (χ3v) is 5.26. The maximum atomic E-state index is 12.4. The van der Waals surface area contributed by atoms with Crippen molar-refractivity contribution in [3.8, 4) is 11.5 Å². The Balaban J connectivity index is 2.03. The highest BCUT2D eigenvalue weighted by molar-refractivity contribution is 6.83. The van der Waals surface area contributed by atoms with E-state index in [9.17, 15) is 9.90 Å². The van der Waals surface area contributed by atoms with Crippen molar-refractivity contribution in [3.63, 3.8) is 0 Å². The second-order valence-electron chi connectivity index (χ2n) is 9.13. The summed E-state index contributed by atoms with van der Waals surface area (Å²) in [6.45, 7) is 12.3. The van der Waals surface area contributed by atoms with Crippen molar-refractivity contribution < 1.29 is 14.6 Å². The van der Waals surface area contributed by atoms with Gasteiger partial charge in [0, 0.05) is 18.5 Å². The van der Waals surface area contributed by atoms with Crippen LogP contribution < -0.4 is 0 Å². The Morgan fingerprint density at radius 3 is 2.22 bits per heavy atom. The normalized spacial score (nSPS) is 30.7. The number of fused-ring (bicyclic) bond motifs is 2. The van der Waals surface area contributed by atoms with Crippen LogP contribution in [0.2, 0.25) is 19.6 Å². The lowest BCUT2D eigenvalue weighted by atomic mass is 9.84. The predicted molar refractivity (Wildman–Crippen MR) is 94.8 cm³/mol. The molecular weight excluding hydrogens is 306 g/mol. The van der Waals surface area contributed by atoms with Crippen LogP contribution in [0.15, 0.2) is 0 Å². The van der Waals surface area contributed by atoms with E-state index in [1.807, 2.05) is 25.7 Å². The minimum Gasteiger partial charge on any atom is -0.444 e. The van der Waals surface area contributed by atoms with Gasteiger partial charge >= 0.3 is 6.09 Å². The van der Waals surface area contributed by atoms with E-state index in [2.05, 4.69) is 31.1 Å². The molecule has 23 heavy (non-hydrogen) atoms. The summed E-state index contributed by atoms with van der Waals surface area (Å²) in [5.41, 5.74) is 2.10. The van der Waals surface area contributed by atoms with Crippen molar-refractivity contribution in [2.75, 3.05) is 0 Å². The standard InChI is InChI=1S/C18H31NO3Si/c1-17(2,3)22-16(20)19-14-8-9-15(19)13-18(21,12-14)10-7-11-23(4,5)6/h14-15,21H,8-10,12-13H2,1-6H3. The molecule has 2 saturated heterocycles. The monoisotopic (exact) mass is 337 g/mol. The smallest absolute Gasteiger partial charge is 0.410 e. The zero-order chi connectivity index (χ0) is 17.5. The van der Waals surface area contributed by atoms with Crippen molar-refractivity contribution >= 4 is 14.2 Å². The number of piperidine rings is 1. The molecule has 0 aliphatic carbocycles. The molecule has 0 spiro atoms. The maximum Gasteiger partial charge on any atom is 0.410 e. The molecule has 4 nitrogen and oxygen atoms in total. The number of carbonyl (C=O) groups is 1. The second-order valence-corrected chi connectivity index (χ2v) is 13.9. The summed E-state index contributed by atoms with van der Waals surface area (Å²) in [7, 11) is -1.41. The number of hydrogen-bond acceptors (Lipinski definition) is 3. The molecule has 0 aromatic carbocycles. The number of hydrogen-bond donors (Lipinski definition) is 1. The van der Waals surface area contributed by atoms with Crippen LogP contribution in [-0.2, 0) is 4.74 Å². The van der Waals surface area contributed by atoms with Gasteiger partial charge in [-0.15, -0.1) is 11.5 Å². The summed E-state index contributed by atoms with van der Waals surface area (Å²) >= 11 is 0. The molecule has 2 aliphatic heterocycles. The minimum atomic E-state index is -1.41. The number of aliphatic hydroxyl groups is 1. The zero-order valence-electron chi connectivity index (χ0n) is 15.4. The van der Waals surface area contributed by atoms with Crippen LogP contribution in [0.3, 0.4) is 0 Å². The first kappa shape index (κ1) is 18.3. The summed E-state index contributed by atoms with van der Waals surface area (Å²) in [6.07, 6.45) is 3.42. The summed E-state index contributed by atoms with van der Waals surface area (Å²) < 4.78 is 5.53. The molecule has 2 atom stereocenters. The highest BCUT2D eigenvalue weighted by Crippen LogP contribution is 2.42. The zero-order valence-corrected chi connectivity index (χ0v) is 16.4. The molecule has 2 unspecified atom stereocenters. The fraction of sp³-hybridized carbons (Fsp3) is 0.833. The second kappa shape index (κ2) is 6.14. The molecule has 1 N–H and O–H groups in total. The highest BCUT2D eigenvalue weighted by Gasteiger charge is 2.50. The Morgan fingerprint density at radius 1 is 1.26 bits per heavy atom. The van der Waals surface area contributed by atoms with Crippen LogP contribution in [0.5, 0.6) is 0 Å². The molecule has 2 heterocycles. The Kier molecular flexibility index (Phi) is 4.90. The highest BCUT2D eigenvalue weighted by atomic mass is 28.3. The van der Waals surface area contributed by atoms with Crippen LogP contribution in [-0.4, -0.2) is 47.5 Å². The van der Waals surface area contributed by atoms with Gasteiger partial charge < -0.3 is 14.7 Å². The van der Waals surface area contributed by atoms with Gasteiger partial charge in [0.15, 0.2) is 0 Å². The van der Waals surface area contributed by atoms with Crippen LogP contribution >= 0.6 is 0 Å². The first-order chi connectivity index (χ1) is 10.4. The molecule has 2 rings (SSSR count). The van der Waals surface area contributed by atoms with Gasteiger partial charge in [0.2, 0.25) is 0 Å². The van der Waals surface area contributed by atoms with E-state index in [1.54, 1.807) is 0 Å². The van der Waals surface area contributed by atoms with Crippen molar-refractivity contribution in [1.29, 1.82) is 0 Å². The molecule has 2 fully saturated rings. The number of amides is 1. The lowest BCUT2D eigenvalue weighted by Crippen LogP contribution is -2.54. The van der Waals surface area contributed by atoms with Crippen LogP contribution in [0.25, 0.3) is 0 Å². The van der Waals surface area contributed by atoms with Crippen LogP contribution in [0.4, 0.5) is 4.79 Å². The Morgan fingerprint density at radius 2 is 1.78 bits per heavy atom. The average Bonchev–Trinajstić information content (AvgIpc) is 2.59. The Labute approximate surface area is 141 Å². The van der Waals surface area contributed by atoms with Crippen LogP contribution in [0, 0.1) is 11.5 Å². The fourth-order valence-electron chi connectivity index (χ4n) is 3.55. The van der Waals surface area contributed by atoms with E-state index in [-0.39, 0.29) is 18.2 Å². The van der Waals surface area contributed by atoms with Gasteiger partial charge in [0.25, 0.3) is 0 Å². The Hall–Kier alpha value is -0.993. The topological polar surface area (TPSA) is 49.8 Å². The number of nitrogens with zero attached hydrogens (tertiary/aromatic N) is 1. The van der Waals surface area contributed by atoms with Crippen molar-refractivity contribution in [2.45, 2.75) is 95.8 Å². The average molecular weight is 338 g/mol. The van der Waals surface area contributed by atoms with Gasteiger partial charge in [-0.05, 0) is 46.5 Å². The summed E-state index contributed by atoms with van der Waals surface area (Å²) in [5.74, 6) is 3.21. The summed E-state index contributed by atoms with van der Waals surface area (Å²) in [5, 5.41) is 10.9. The first-order valence-corrected chi connectivity index (χ1v) is 12.1. The summed E-state index contributed by atoms with van der Waals surface area (Å²) in [4.78, 5) is 14.3. The van der Waals surface area contributed by atoms with Crippen LogP contribution in [0.1, 0.15) is 52.9 Å². The lowest BCUT2D eigenvalue weighted by Gasteiger charge is -2.43. The molecule has 2 bridgehead atoms. The summed E-state index contributed by atoms with van der Waals surface area (Å²) in [6, 6.07) is 0.171. The third-order valence-electron chi connectivity index (χ3n) is 4.34. The molecule has 0 aromatic rings. The lowest BCUT2D eigenvalue weighted by molar-refractivity contribution is -0.0555. The molecule has 0 aromatic heterocycles. The molecule has 0 radical (unpaired) electrons. The van der Waals surface area contributed by atoms with Gasteiger partial charge in [-0.1, -0.05) is 19.6 Å². The predicted octanol–water partition coefficient (Wildman–Crippen LogP) is 3.55. The molecule has 130 valence electrons. The number of rotatable bonds is 1. The van der Waals surface area contributed by atoms with Crippen molar-refractivity contribution in [1.82, 2.24) is 4.90 Å². The van der Waals surface area contributed by atoms with Crippen molar-refractivity contribution in [2.24, 2.45) is 0 Å². The van der Waals surface area contributed by atoms with E-state index in [1.165, 1.54) is 0 Å². The van der Waals surface area contributed by atoms with Gasteiger partial charge in [-0.25, -0.2) is 4.79 Å². The molecular formula is C18H31NO3Si. The van der Waals surface area contributed by atoms with E-state index >= 15 is 0 Å². The van der Waals surface area contributed by atoms with Gasteiger partial charge in [0.05, 0.1) is 5.60 Å². The van der Waals surface area contributed by atoms with Gasteiger partial charge in [-0.2, -0.15) is 0 Å². The van der Waals surface area contributed by atoms with E-state index in [4.69, 9.17) is 4.74 Å². The molecule has 1 amide bonds. The SMILES string of the molecule is CC(C)(C)OC(=O)N1C2CCC1CC(O)(CC#C[Si](C)(C)C)C2. The largest absolute Gasteiger partial charge is 0.444 e. The fourth-order valence-corrected chi connectivity index (χ4v) is 4.17. The molecule has 2 aliphatic rings. The first-order valence-electron chi connectivity index (χ1n) is 8.62. The van der Waals surface area contributed by atoms with E-state index in [0.29, 0.717) is 19.3 Å². The Bertz CT molecular complexity index is 507. The quantitative estimate of drug-likeness (QED) is 0.588. The number of carbonyl (C=O) groups excluding carboxylic acids is 1. The van der Waals surface area contributed by atoms with E-state index in [0.717, 1.165) is 12.8 Å². The van der Waals surface area contributed by atoms with E-state index < -0.39 is 19.3 Å². The molecule has 5 heteroatoms. The third kappa shape index (κ3) is 4.99. The minimum absolute atomic E-state index is 0.0854. The van der Waals surface area contributed by atoms with Gasteiger partial charge in [-0.3, -0.25) is 0 Å². The number of ether oxygens (including phenoxy) is 1. The van der Waals surface area contributed by atoms with Crippen molar-refractivity contribution in [3.05, 3.63) is 0 Å².